The van der Waals surface area contributed by atoms with Crippen LogP contribution in [-0.2, 0) is 18.3 Å². The lowest BCUT2D eigenvalue weighted by Crippen LogP contribution is -2.37. The van der Waals surface area contributed by atoms with Gasteiger partial charge in [0.1, 0.15) is 12.4 Å². The molecule has 1 fully saturated rings. The van der Waals surface area contributed by atoms with Crippen LogP contribution in [0.25, 0.3) is 0 Å². The van der Waals surface area contributed by atoms with Gasteiger partial charge in [-0.1, -0.05) is 34.8 Å². The smallest absolute Gasteiger partial charge is 0.410 e. The van der Waals surface area contributed by atoms with Crippen molar-refractivity contribution in [3.05, 3.63) is 0 Å². The highest BCUT2D eigenvalue weighted by molar-refractivity contribution is 7.54. The molecule has 0 saturated carbocycles. The fourth-order valence-corrected chi connectivity index (χ4v) is 3.68. The van der Waals surface area contributed by atoms with Crippen molar-refractivity contribution in [1.29, 1.82) is 0 Å². The Labute approximate surface area is 126 Å². The van der Waals surface area contributed by atoms with Crippen LogP contribution in [0.4, 0.5) is 4.79 Å². The zero-order chi connectivity index (χ0) is 14.7. The zero-order valence-electron chi connectivity index (χ0n) is 10.5. The summed E-state index contributed by atoms with van der Waals surface area (Å²) < 4.78 is 25.3. The highest BCUT2D eigenvalue weighted by Gasteiger charge is 2.44. The Morgan fingerprint density at radius 2 is 1.95 bits per heavy atom. The predicted octanol–water partition coefficient (Wildman–Crippen LogP) is 3.40. The molecule has 0 aromatic rings. The van der Waals surface area contributed by atoms with Crippen molar-refractivity contribution in [2.45, 2.75) is 22.4 Å². The van der Waals surface area contributed by atoms with Crippen LogP contribution < -0.4 is 0 Å². The van der Waals surface area contributed by atoms with Crippen LogP contribution in [0.1, 0.15) is 12.8 Å². The molecule has 0 aromatic carbocycles. The molecule has 112 valence electrons. The monoisotopic (exact) mass is 353 g/mol. The molecular formula is C9H15Cl3NO5P. The van der Waals surface area contributed by atoms with E-state index >= 15 is 0 Å². The standard InChI is InChI=1S/C9H15Cl3NO5P/c1-16-19(15,17-2)7-4-3-5-13(7)8(14)18-6-9(10,11)12/h7H,3-6H2,1-2H3. The topological polar surface area (TPSA) is 65.1 Å². The summed E-state index contributed by atoms with van der Waals surface area (Å²) in [5.74, 6) is -0.676. The third-order valence-electron chi connectivity index (χ3n) is 2.69. The van der Waals surface area contributed by atoms with Crippen molar-refractivity contribution in [2.75, 3.05) is 27.4 Å². The maximum atomic E-state index is 12.3. The molecule has 1 saturated heterocycles. The van der Waals surface area contributed by atoms with Gasteiger partial charge in [0, 0.05) is 20.8 Å². The Bertz CT molecular complexity index is 367. The molecule has 0 aromatic heterocycles. The van der Waals surface area contributed by atoms with E-state index in [9.17, 15) is 9.36 Å². The summed E-state index contributed by atoms with van der Waals surface area (Å²) in [7, 11) is -0.835. The third-order valence-corrected chi connectivity index (χ3v) is 5.30. The van der Waals surface area contributed by atoms with E-state index in [2.05, 4.69) is 0 Å². The maximum Gasteiger partial charge on any atom is 0.410 e. The first-order valence-corrected chi connectivity index (χ1v) is 8.19. The molecule has 19 heavy (non-hydrogen) atoms. The second kappa shape index (κ2) is 6.83. The van der Waals surface area contributed by atoms with E-state index in [-0.39, 0.29) is 6.61 Å². The SMILES string of the molecule is COP(=O)(OC)C1CCCN1C(=O)OCC(Cl)(Cl)Cl. The summed E-state index contributed by atoms with van der Waals surface area (Å²) >= 11 is 16.5. The number of nitrogens with zero attached hydrogens (tertiary/aromatic N) is 1. The minimum absolute atomic E-state index is 0.385. The van der Waals surface area contributed by atoms with E-state index in [1.165, 1.54) is 19.1 Å². The summed E-state index contributed by atoms with van der Waals surface area (Å²) in [6.45, 7) is 0.00402. The first-order chi connectivity index (χ1) is 8.73. The molecule has 1 heterocycles. The fraction of sp³-hybridized carbons (Fsp3) is 0.889. The Balaban J connectivity index is 2.71. The molecule has 10 heteroatoms. The van der Waals surface area contributed by atoms with Crippen LogP contribution >= 0.6 is 42.4 Å². The van der Waals surface area contributed by atoms with Crippen LogP contribution in [0.3, 0.4) is 0 Å². The molecule has 0 bridgehead atoms. The Hall–Kier alpha value is 0.290. The number of carbonyl (C=O) groups is 1. The van der Waals surface area contributed by atoms with Crippen molar-refractivity contribution in [3.63, 3.8) is 0 Å². The van der Waals surface area contributed by atoms with Crippen molar-refractivity contribution >= 4 is 48.5 Å². The van der Waals surface area contributed by atoms with E-state index in [0.717, 1.165) is 0 Å². The maximum absolute atomic E-state index is 12.3. The summed E-state index contributed by atoms with van der Waals surface area (Å²) in [5, 5.41) is 0. The van der Waals surface area contributed by atoms with Crippen LogP contribution in [0.2, 0.25) is 0 Å². The lowest BCUT2D eigenvalue weighted by Gasteiger charge is -2.28. The molecule has 0 N–H and O–H groups in total. The molecule has 1 aliphatic rings. The Kier molecular flexibility index (Phi) is 6.24. The number of ether oxygens (including phenoxy) is 1. The van der Waals surface area contributed by atoms with Gasteiger partial charge in [0.2, 0.25) is 3.79 Å². The Morgan fingerprint density at radius 3 is 2.42 bits per heavy atom. The number of hydrogen-bond acceptors (Lipinski definition) is 5. The number of halogens is 3. The number of likely N-dealkylation sites (tertiary alicyclic amines) is 1. The molecule has 1 amide bonds. The molecule has 1 rings (SSSR count). The number of hydrogen-bond donors (Lipinski definition) is 0. The van der Waals surface area contributed by atoms with Crippen LogP contribution in [0, 0.1) is 0 Å². The normalized spacial score (nSPS) is 20.7. The minimum atomic E-state index is -3.38. The lowest BCUT2D eigenvalue weighted by atomic mass is 10.4. The van der Waals surface area contributed by atoms with Gasteiger partial charge in [-0.3, -0.25) is 9.46 Å². The molecule has 1 aliphatic heterocycles. The summed E-state index contributed by atoms with van der Waals surface area (Å²) in [6, 6.07) is 0. The van der Waals surface area contributed by atoms with Gasteiger partial charge >= 0.3 is 13.7 Å². The summed E-state index contributed by atoms with van der Waals surface area (Å²) in [5.41, 5.74) is 0. The van der Waals surface area contributed by atoms with Crippen molar-refractivity contribution in [3.8, 4) is 0 Å². The first-order valence-electron chi connectivity index (χ1n) is 5.45. The zero-order valence-corrected chi connectivity index (χ0v) is 13.6. The number of amides is 1. The minimum Gasteiger partial charge on any atom is -0.445 e. The summed E-state index contributed by atoms with van der Waals surface area (Å²) in [6.07, 6.45) is 0.467. The van der Waals surface area contributed by atoms with E-state index in [0.29, 0.717) is 19.4 Å². The van der Waals surface area contributed by atoms with Gasteiger partial charge in [-0.25, -0.2) is 4.79 Å². The van der Waals surface area contributed by atoms with Gasteiger partial charge in [0.05, 0.1) is 0 Å². The molecule has 1 atom stereocenters. The number of alkyl halides is 3. The molecule has 0 radical (unpaired) electrons. The molecule has 0 aliphatic carbocycles. The van der Waals surface area contributed by atoms with Gasteiger partial charge in [0.15, 0.2) is 0 Å². The van der Waals surface area contributed by atoms with Crippen LogP contribution in [0.5, 0.6) is 0 Å². The third kappa shape index (κ3) is 4.66. The van der Waals surface area contributed by atoms with Crippen LogP contribution in [-0.4, -0.2) is 47.9 Å². The van der Waals surface area contributed by atoms with E-state index < -0.39 is 23.3 Å². The highest BCUT2D eigenvalue weighted by atomic mass is 35.6. The van der Waals surface area contributed by atoms with Gasteiger partial charge < -0.3 is 13.8 Å². The fourth-order valence-electron chi connectivity index (χ4n) is 1.84. The first kappa shape index (κ1) is 17.3. The average Bonchev–Trinajstić information content (AvgIpc) is 2.83. The van der Waals surface area contributed by atoms with E-state index in [1.807, 2.05) is 0 Å². The van der Waals surface area contributed by atoms with Gasteiger partial charge in [-0.15, -0.1) is 0 Å². The molecule has 1 unspecified atom stereocenters. The number of rotatable bonds is 4. The predicted molar refractivity (Wildman–Crippen MR) is 73.0 cm³/mol. The van der Waals surface area contributed by atoms with Crippen molar-refractivity contribution < 1.29 is 23.1 Å². The number of carbonyl (C=O) groups excluding carboxylic acids is 1. The van der Waals surface area contributed by atoms with E-state index in [4.69, 9.17) is 48.6 Å². The van der Waals surface area contributed by atoms with Gasteiger partial charge in [-0.05, 0) is 12.8 Å². The summed E-state index contributed by atoms with van der Waals surface area (Å²) in [4.78, 5) is 13.2. The van der Waals surface area contributed by atoms with Crippen molar-refractivity contribution in [1.82, 2.24) is 4.90 Å². The largest absolute Gasteiger partial charge is 0.445 e. The molecule has 0 spiro atoms. The average molecular weight is 355 g/mol. The highest BCUT2D eigenvalue weighted by Crippen LogP contribution is 2.56. The second-order valence-corrected chi connectivity index (χ2v) is 8.81. The molecule has 6 nitrogen and oxygen atoms in total. The van der Waals surface area contributed by atoms with E-state index in [1.54, 1.807) is 0 Å². The second-order valence-electron chi connectivity index (χ2n) is 3.89. The lowest BCUT2D eigenvalue weighted by molar-refractivity contribution is 0.103. The Morgan fingerprint density at radius 1 is 1.37 bits per heavy atom. The molecular weight excluding hydrogens is 339 g/mol. The quantitative estimate of drug-likeness (QED) is 0.572. The van der Waals surface area contributed by atoms with Gasteiger partial charge in [0.25, 0.3) is 0 Å². The van der Waals surface area contributed by atoms with Crippen molar-refractivity contribution in [2.24, 2.45) is 0 Å². The van der Waals surface area contributed by atoms with Crippen LogP contribution in [0.15, 0.2) is 0 Å². The van der Waals surface area contributed by atoms with Gasteiger partial charge in [-0.2, -0.15) is 0 Å².